The third-order valence-electron chi connectivity index (χ3n) is 3.75. The highest BCUT2D eigenvalue weighted by Gasteiger charge is 2.03. The van der Waals surface area contributed by atoms with Crippen LogP contribution >= 0.6 is 0 Å². The highest BCUT2D eigenvalue weighted by atomic mass is 16.1. The standard InChI is InChI=1S/C19H22N4O/c1-3-18(22-19(20)23(2)14-24)9-6-15-4-7-16(8-5-15)17-10-12-21-13-11-17/h3-5,7-8,10-14H,6,9H2,1-2H3,(H2,20,22)/b18-3-. The summed E-state index contributed by atoms with van der Waals surface area (Å²) in [5.41, 5.74) is 10.2. The van der Waals surface area contributed by atoms with Gasteiger partial charge in [0, 0.05) is 25.1 Å². The Morgan fingerprint density at radius 2 is 1.79 bits per heavy atom. The van der Waals surface area contributed by atoms with Crippen molar-refractivity contribution in [3.8, 4) is 11.1 Å². The number of aliphatic imine (C=N–C) groups is 1. The maximum atomic E-state index is 10.7. The normalized spacial score (nSPS) is 12.1. The summed E-state index contributed by atoms with van der Waals surface area (Å²) in [4.78, 5) is 20.3. The van der Waals surface area contributed by atoms with Crippen LogP contribution in [0.1, 0.15) is 18.9 Å². The van der Waals surface area contributed by atoms with Crippen LogP contribution in [-0.2, 0) is 11.2 Å². The van der Waals surface area contributed by atoms with Gasteiger partial charge in [-0.25, -0.2) is 4.99 Å². The molecule has 0 spiro atoms. The molecule has 0 saturated heterocycles. The Kier molecular flexibility index (Phi) is 6.25. The lowest BCUT2D eigenvalue weighted by Crippen LogP contribution is -2.32. The first-order valence-electron chi connectivity index (χ1n) is 7.81. The molecule has 0 radical (unpaired) electrons. The van der Waals surface area contributed by atoms with E-state index in [1.807, 2.05) is 25.1 Å². The molecule has 1 aromatic heterocycles. The molecule has 1 aromatic carbocycles. The predicted molar refractivity (Wildman–Crippen MR) is 97.2 cm³/mol. The Morgan fingerprint density at radius 1 is 1.17 bits per heavy atom. The van der Waals surface area contributed by atoms with Crippen LogP contribution in [0.4, 0.5) is 0 Å². The third-order valence-corrected chi connectivity index (χ3v) is 3.75. The highest BCUT2D eigenvalue weighted by Crippen LogP contribution is 2.20. The van der Waals surface area contributed by atoms with Gasteiger partial charge in [0.1, 0.15) is 0 Å². The Bertz CT molecular complexity index is 721. The van der Waals surface area contributed by atoms with E-state index in [4.69, 9.17) is 5.73 Å². The van der Waals surface area contributed by atoms with Crippen LogP contribution in [-0.4, -0.2) is 29.3 Å². The van der Waals surface area contributed by atoms with E-state index in [9.17, 15) is 4.79 Å². The van der Waals surface area contributed by atoms with Crippen molar-refractivity contribution < 1.29 is 4.79 Å². The molecule has 5 nitrogen and oxygen atoms in total. The number of hydrogen-bond donors (Lipinski definition) is 1. The van der Waals surface area contributed by atoms with E-state index in [1.54, 1.807) is 19.4 Å². The molecule has 2 aromatic rings. The van der Waals surface area contributed by atoms with E-state index < -0.39 is 0 Å². The van der Waals surface area contributed by atoms with Crippen LogP contribution in [0.2, 0.25) is 0 Å². The number of benzene rings is 1. The lowest BCUT2D eigenvalue weighted by molar-refractivity contribution is -0.114. The Morgan fingerprint density at radius 3 is 2.38 bits per heavy atom. The van der Waals surface area contributed by atoms with Crippen LogP contribution in [0, 0.1) is 0 Å². The fourth-order valence-corrected chi connectivity index (χ4v) is 2.23. The van der Waals surface area contributed by atoms with Crippen molar-refractivity contribution in [3.63, 3.8) is 0 Å². The summed E-state index contributed by atoms with van der Waals surface area (Å²) in [6.07, 6.45) is 7.76. The number of nitrogens with two attached hydrogens (primary N) is 1. The van der Waals surface area contributed by atoms with Crippen LogP contribution in [0.25, 0.3) is 11.1 Å². The van der Waals surface area contributed by atoms with Gasteiger partial charge in [0.15, 0.2) is 0 Å². The molecule has 0 atom stereocenters. The van der Waals surface area contributed by atoms with Crippen molar-refractivity contribution in [2.24, 2.45) is 10.7 Å². The SMILES string of the molecule is C/C=C(/CCc1ccc(-c2ccncc2)cc1)N=C(N)N(C)C=O. The number of pyridine rings is 1. The second kappa shape index (κ2) is 8.62. The summed E-state index contributed by atoms with van der Waals surface area (Å²) >= 11 is 0. The predicted octanol–water partition coefficient (Wildman–Crippen LogP) is 2.99. The van der Waals surface area contributed by atoms with Gasteiger partial charge in [0.2, 0.25) is 12.4 Å². The highest BCUT2D eigenvalue weighted by molar-refractivity contribution is 5.87. The Labute approximate surface area is 142 Å². The van der Waals surface area contributed by atoms with Gasteiger partial charge >= 0.3 is 0 Å². The summed E-state index contributed by atoms with van der Waals surface area (Å²) in [6.45, 7) is 1.92. The average molecular weight is 322 g/mol. The quantitative estimate of drug-likeness (QED) is 0.505. The second-order valence-corrected chi connectivity index (χ2v) is 5.40. The Hall–Kier alpha value is -2.95. The smallest absolute Gasteiger partial charge is 0.216 e. The molecule has 0 aliphatic rings. The van der Waals surface area contributed by atoms with Gasteiger partial charge < -0.3 is 5.73 Å². The molecule has 0 saturated carbocycles. The van der Waals surface area contributed by atoms with Gasteiger partial charge in [0.05, 0.1) is 0 Å². The van der Waals surface area contributed by atoms with Crippen molar-refractivity contribution in [2.75, 3.05) is 7.05 Å². The molecule has 1 amide bonds. The summed E-state index contributed by atoms with van der Waals surface area (Å²) in [5.74, 6) is 0.200. The van der Waals surface area contributed by atoms with Crippen LogP contribution in [0.3, 0.4) is 0 Å². The first kappa shape index (κ1) is 17.4. The van der Waals surface area contributed by atoms with Crippen molar-refractivity contribution in [1.29, 1.82) is 0 Å². The number of carbonyl (C=O) groups is 1. The maximum absolute atomic E-state index is 10.7. The lowest BCUT2D eigenvalue weighted by atomic mass is 10.0. The number of hydrogen-bond acceptors (Lipinski definition) is 3. The first-order chi connectivity index (χ1) is 11.6. The fraction of sp³-hybridized carbons (Fsp3) is 0.211. The van der Waals surface area contributed by atoms with Crippen molar-refractivity contribution in [2.45, 2.75) is 19.8 Å². The number of allylic oxidation sites excluding steroid dienone is 2. The molecule has 5 heteroatoms. The lowest BCUT2D eigenvalue weighted by Gasteiger charge is -2.10. The number of aryl methyl sites for hydroxylation is 1. The van der Waals surface area contributed by atoms with Crippen molar-refractivity contribution in [3.05, 3.63) is 66.1 Å². The van der Waals surface area contributed by atoms with E-state index in [2.05, 4.69) is 34.2 Å². The Balaban J connectivity index is 2.00. The summed E-state index contributed by atoms with van der Waals surface area (Å²) in [7, 11) is 1.58. The number of guanidine groups is 1. The van der Waals surface area contributed by atoms with Gasteiger partial charge in [-0.2, -0.15) is 0 Å². The minimum atomic E-state index is 0.200. The maximum Gasteiger partial charge on any atom is 0.216 e. The summed E-state index contributed by atoms with van der Waals surface area (Å²) in [6, 6.07) is 12.4. The number of amides is 1. The molecule has 0 aliphatic carbocycles. The van der Waals surface area contributed by atoms with Gasteiger partial charge in [-0.05, 0) is 48.6 Å². The van der Waals surface area contributed by atoms with E-state index in [0.29, 0.717) is 6.41 Å². The van der Waals surface area contributed by atoms with E-state index in [0.717, 1.165) is 24.1 Å². The van der Waals surface area contributed by atoms with E-state index in [-0.39, 0.29) is 5.96 Å². The molecular formula is C19H22N4O. The zero-order chi connectivity index (χ0) is 17.4. The molecule has 124 valence electrons. The summed E-state index contributed by atoms with van der Waals surface area (Å²) < 4.78 is 0. The van der Waals surface area contributed by atoms with Crippen LogP contribution in [0.15, 0.2) is 65.6 Å². The van der Waals surface area contributed by atoms with Crippen LogP contribution < -0.4 is 5.73 Å². The topological polar surface area (TPSA) is 71.6 Å². The van der Waals surface area contributed by atoms with Crippen molar-refractivity contribution >= 4 is 12.4 Å². The molecule has 0 bridgehead atoms. The molecule has 2 rings (SSSR count). The van der Waals surface area contributed by atoms with Gasteiger partial charge in [-0.1, -0.05) is 30.3 Å². The number of aromatic nitrogens is 1. The van der Waals surface area contributed by atoms with Crippen LogP contribution in [0.5, 0.6) is 0 Å². The second-order valence-electron chi connectivity index (χ2n) is 5.40. The number of rotatable bonds is 6. The number of carbonyl (C=O) groups excluding carboxylic acids is 1. The minimum absolute atomic E-state index is 0.200. The summed E-state index contributed by atoms with van der Waals surface area (Å²) in [5, 5.41) is 0. The third kappa shape index (κ3) is 4.78. The number of nitrogens with zero attached hydrogens (tertiary/aromatic N) is 3. The molecule has 0 fully saturated rings. The largest absolute Gasteiger partial charge is 0.369 e. The fourth-order valence-electron chi connectivity index (χ4n) is 2.23. The molecule has 0 unspecified atom stereocenters. The van der Waals surface area contributed by atoms with Gasteiger partial charge in [0.25, 0.3) is 0 Å². The average Bonchev–Trinajstić information content (AvgIpc) is 2.65. The van der Waals surface area contributed by atoms with E-state index in [1.165, 1.54) is 16.0 Å². The molecule has 2 N–H and O–H groups in total. The molecule has 1 heterocycles. The van der Waals surface area contributed by atoms with E-state index >= 15 is 0 Å². The molecule has 0 aliphatic heterocycles. The zero-order valence-corrected chi connectivity index (χ0v) is 14.0. The molecule has 24 heavy (non-hydrogen) atoms. The minimum Gasteiger partial charge on any atom is -0.369 e. The van der Waals surface area contributed by atoms with Gasteiger partial charge in [-0.15, -0.1) is 0 Å². The van der Waals surface area contributed by atoms with Crippen molar-refractivity contribution in [1.82, 2.24) is 9.88 Å². The monoisotopic (exact) mass is 322 g/mol. The van der Waals surface area contributed by atoms with Gasteiger partial charge in [-0.3, -0.25) is 14.7 Å². The first-order valence-corrected chi connectivity index (χ1v) is 7.81. The zero-order valence-electron chi connectivity index (χ0n) is 14.0. The molecular weight excluding hydrogens is 300 g/mol.